The van der Waals surface area contributed by atoms with Gasteiger partial charge in [-0.1, -0.05) is 6.92 Å². The van der Waals surface area contributed by atoms with Gasteiger partial charge in [0.25, 0.3) is 0 Å². The molecule has 0 aliphatic carbocycles. The van der Waals surface area contributed by atoms with Crippen molar-refractivity contribution in [1.29, 1.82) is 0 Å². The number of hydrogen-bond acceptors (Lipinski definition) is 3. The second-order valence-electron chi connectivity index (χ2n) is 5.06. The van der Waals surface area contributed by atoms with Gasteiger partial charge in [-0.2, -0.15) is 0 Å². The summed E-state index contributed by atoms with van der Waals surface area (Å²) >= 11 is 0. The van der Waals surface area contributed by atoms with Crippen LogP contribution in [0.1, 0.15) is 32.6 Å². The zero-order chi connectivity index (χ0) is 12.7. The number of carbonyl (C=O) groups is 1. The summed E-state index contributed by atoms with van der Waals surface area (Å²) in [5.74, 6) is 0.596. The van der Waals surface area contributed by atoms with Crippen LogP contribution in [0.25, 0.3) is 0 Å². The third-order valence-electron chi connectivity index (χ3n) is 3.36. The third-order valence-corrected chi connectivity index (χ3v) is 3.36. The Bertz CT molecular complexity index is 231. The largest absolute Gasteiger partial charge is 0.384 e. The van der Waals surface area contributed by atoms with E-state index in [1.165, 1.54) is 6.42 Å². The first-order chi connectivity index (χ1) is 8.19. The molecule has 1 saturated heterocycles. The molecule has 0 radical (unpaired) electrons. The highest BCUT2D eigenvalue weighted by Gasteiger charge is 2.26. The van der Waals surface area contributed by atoms with E-state index in [-0.39, 0.29) is 5.91 Å². The van der Waals surface area contributed by atoms with Crippen molar-refractivity contribution < 1.29 is 9.53 Å². The molecule has 1 rings (SSSR count). The van der Waals surface area contributed by atoms with Gasteiger partial charge in [-0.3, -0.25) is 4.79 Å². The number of amides is 1. The lowest BCUT2D eigenvalue weighted by Crippen LogP contribution is -2.48. The molecule has 4 nitrogen and oxygen atoms in total. The van der Waals surface area contributed by atoms with E-state index in [1.807, 2.05) is 7.05 Å². The Labute approximate surface area is 105 Å². The van der Waals surface area contributed by atoms with Gasteiger partial charge in [0.15, 0.2) is 0 Å². The molecule has 0 aromatic rings. The molecule has 1 aliphatic rings. The molecule has 0 aromatic heterocycles. The van der Waals surface area contributed by atoms with Crippen molar-refractivity contribution in [2.75, 3.05) is 33.9 Å². The predicted octanol–water partition coefficient (Wildman–Crippen LogP) is 1.26. The number of likely N-dealkylation sites (N-methyl/N-ethyl adjacent to an activating group) is 1. The number of nitrogens with zero attached hydrogens (tertiary/aromatic N) is 1. The first-order valence-electron chi connectivity index (χ1n) is 6.62. The monoisotopic (exact) mass is 242 g/mol. The van der Waals surface area contributed by atoms with Gasteiger partial charge < -0.3 is 15.0 Å². The fourth-order valence-corrected chi connectivity index (χ4v) is 2.54. The molecular weight excluding hydrogens is 216 g/mol. The molecule has 1 aliphatic heterocycles. The Balaban J connectivity index is 2.46. The highest BCUT2D eigenvalue weighted by Crippen LogP contribution is 2.19. The molecule has 100 valence electrons. The summed E-state index contributed by atoms with van der Waals surface area (Å²) in [6, 6.07) is 0.385. The van der Waals surface area contributed by atoms with Crippen LogP contribution in [0.5, 0.6) is 0 Å². The fraction of sp³-hybridized carbons (Fsp3) is 0.923. The zero-order valence-electron chi connectivity index (χ0n) is 11.4. The summed E-state index contributed by atoms with van der Waals surface area (Å²) < 4.78 is 5.08. The zero-order valence-corrected chi connectivity index (χ0v) is 11.4. The maximum atomic E-state index is 12.2. The molecular formula is C13H26N2O2. The first kappa shape index (κ1) is 14.5. The molecule has 0 aromatic carbocycles. The van der Waals surface area contributed by atoms with Gasteiger partial charge in [-0.05, 0) is 32.2 Å². The summed E-state index contributed by atoms with van der Waals surface area (Å²) in [7, 11) is 3.64. The Morgan fingerprint density at radius 1 is 1.53 bits per heavy atom. The first-order valence-corrected chi connectivity index (χ1v) is 6.62. The topological polar surface area (TPSA) is 41.6 Å². The van der Waals surface area contributed by atoms with E-state index in [1.54, 1.807) is 7.11 Å². The number of rotatable bonds is 6. The lowest BCUT2D eigenvalue weighted by Gasteiger charge is -2.36. The van der Waals surface area contributed by atoms with Crippen molar-refractivity contribution in [1.82, 2.24) is 10.2 Å². The molecule has 2 atom stereocenters. The van der Waals surface area contributed by atoms with E-state index in [2.05, 4.69) is 17.1 Å². The molecule has 1 fully saturated rings. The third kappa shape index (κ3) is 4.64. The summed E-state index contributed by atoms with van der Waals surface area (Å²) in [5.41, 5.74) is 0. The van der Waals surface area contributed by atoms with Gasteiger partial charge in [0.05, 0.1) is 0 Å². The van der Waals surface area contributed by atoms with Crippen LogP contribution in [-0.2, 0) is 9.53 Å². The van der Waals surface area contributed by atoms with E-state index in [4.69, 9.17) is 4.74 Å². The molecule has 17 heavy (non-hydrogen) atoms. The molecule has 1 heterocycles. The van der Waals surface area contributed by atoms with Crippen LogP contribution in [0.4, 0.5) is 0 Å². The van der Waals surface area contributed by atoms with Crippen molar-refractivity contribution in [2.45, 2.75) is 38.6 Å². The molecule has 0 saturated carbocycles. The summed E-state index contributed by atoms with van der Waals surface area (Å²) in [6.45, 7) is 4.56. The van der Waals surface area contributed by atoms with Crippen molar-refractivity contribution in [3.8, 4) is 0 Å². The van der Waals surface area contributed by atoms with Crippen LogP contribution < -0.4 is 5.32 Å². The number of nitrogens with one attached hydrogen (secondary N) is 1. The van der Waals surface area contributed by atoms with Crippen molar-refractivity contribution in [2.24, 2.45) is 5.92 Å². The quantitative estimate of drug-likeness (QED) is 0.762. The van der Waals surface area contributed by atoms with Gasteiger partial charge in [0, 0.05) is 39.3 Å². The van der Waals surface area contributed by atoms with Crippen molar-refractivity contribution in [3.05, 3.63) is 0 Å². The van der Waals surface area contributed by atoms with Gasteiger partial charge in [-0.25, -0.2) is 0 Å². The fourth-order valence-electron chi connectivity index (χ4n) is 2.54. The van der Waals surface area contributed by atoms with E-state index in [0.717, 1.165) is 25.9 Å². The number of hydrogen-bond donors (Lipinski definition) is 1. The SMILES string of the molecule is CNCC1CCCCN1C(=O)CC(C)COC. The number of likely N-dealkylation sites (tertiary alicyclic amines) is 1. The number of methoxy groups -OCH3 is 1. The molecule has 0 spiro atoms. The smallest absolute Gasteiger partial charge is 0.223 e. The van der Waals surface area contributed by atoms with Crippen LogP contribution in [0.3, 0.4) is 0 Å². The van der Waals surface area contributed by atoms with Crippen LogP contribution in [0.15, 0.2) is 0 Å². The standard InChI is InChI=1S/C13H26N2O2/c1-11(10-17-3)8-13(16)15-7-5-4-6-12(15)9-14-2/h11-12,14H,4-10H2,1-3H3. The van der Waals surface area contributed by atoms with Gasteiger partial charge >= 0.3 is 0 Å². The number of carbonyl (C=O) groups excluding carboxylic acids is 1. The Morgan fingerprint density at radius 2 is 2.29 bits per heavy atom. The van der Waals surface area contributed by atoms with Crippen molar-refractivity contribution in [3.63, 3.8) is 0 Å². The molecule has 1 N–H and O–H groups in total. The second-order valence-corrected chi connectivity index (χ2v) is 5.06. The minimum Gasteiger partial charge on any atom is -0.384 e. The van der Waals surface area contributed by atoms with Crippen LogP contribution >= 0.6 is 0 Å². The molecule has 1 amide bonds. The summed E-state index contributed by atoms with van der Waals surface area (Å²) in [6.07, 6.45) is 4.12. The average Bonchev–Trinajstić information content (AvgIpc) is 2.30. The van der Waals surface area contributed by atoms with Gasteiger partial charge in [0.2, 0.25) is 5.91 Å². The van der Waals surface area contributed by atoms with Crippen LogP contribution in [-0.4, -0.2) is 50.7 Å². The maximum absolute atomic E-state index is 12.2. The van der Waals surface area contributed by atoms with E-state index < -0.39 is 0 Å². The number of piperidine rings is 1. The van der Waals surface area contributed by atoms with E-state index in [0.29, 0.717) is 25.0 Å². The minimum absolute atomic E-state index is 0.287. The second kappa shape index (κ2) is 7.67. The van der Waals surface area contributed by atoms with Crippen molar-refractivity contribution >= 4 is 5.91 Å². The molecule has 0 bridgehead atoms. The predicted molar refractivity (Wildman–Crippen MR) is 68.9 cm³/mol. The summed E-state index contributed by atoms with van der Waals surface area (Å²) in [4.78, 5) is 14.3. The number of ether oxygens (including phenoxy) is 1. The Hall–Kier alpha value is -0.610. The molecule has 4 heteroatoms. The van der Waals surface area contributed by atoms with Gasteiger partial charge in [0.1, 0.15) is 0 Å². The Kier molecular flexibility index (Phi) is 6.52. The van der Waals surface area contributed by atoms with Gasteiger partial charge in [-0.15, -0.1) is 0 Å². The highest BCUT2D eigenvalue weighted by atomic mass is 16.5. The minimum atomic E-state index is 0.287. The van der Waals surface area contributed by atoms with E-state index in [9.17, 15) is 4.79 Å². The lowest BCUT2D eigenvalue weighted by atomic mass is 10.00. The normalized spacial score (nSPS) is 22.5. The highest BCUT2D eigenvalue weighted by molar-refractivity contribution is 5.76. The average molecular weight is 242 g/mol. The van der Waals surface area contributed by atoms with Crippen LogP contribution in [0, 0.1) is 5.92 Å². The lowest BCUT2D eigenvalue weighted by molar-refractivity contribution is -0.136. The molecule has 2 unspecified atom stereocenters. The van der Waals surface area contributed by atoms with E-state index >= 15 is 0 Å². The summed E-state index contributed by atoms with van der Waals surface area (Å²) in [5, 5.41) is 3.18. The van der Waals surface area contributed by atoms with Crippen LogP contribution in [0.2, 0.25) is 0 Å². The Morgan fingerprint density at radius 3 is 2.94 bits per heavy atom. The maximum Gasteiger partial charge on any atom is 0.223 e.